The van der Waals surface area contributed by atoms with E-state index in [0.29, 0.717) is 6.61 Å². The average molecular weight is 254 g/mol. The predicted molar refractivity (Wildman–Crippen MR) is 63.5 cm³/mol. The number of aldehydes is 1. The maximum atomic E-state index is 13.9. The summed E-state index contributed by atoms with van der Waals surface area (Å²) in [4.78, 5) is 22.2. The maximum Gasteiger partial charge on any atom is 0.338 e. The summed E-state index contributed by atoms with van der Waals surface area (Å²) in [7, 11) is 1.17. The molecule has 0 aliphatic carbocycles. The molecule has 0 atom stereocenters. The van der Waals surface area contributed by atoms with Crippen LogP contribution in [0.4, 0.5) is 4.39 Å². The van der Waals surface area contributed by atoms with Gasteiger partial charge in [-0.25, -0.2) is 9.18 Å². The molecule has 0 aliphatic heterocycles. The molecule has 1 aromatic rings. The van der Waals surface area contributed by atoms with E-state index in [9.17, 15) is 14.0 Å². The van der Waals surface area contributed by atoms with Crippen LogP contribution in [0.3, 0.4) is 0 Å². The maximum absolute atomic E-state index is 13.9. The Morgan fingerprint density at radius 1 is 1.44 bits per heavy atom. The van der Waals surface area contributed by atoms with Gasteiger partial charge in [-0.1, -0.05) is 13.3 Å². The van der Waals surface area contributed by atoms with E-state index in [1.807, 2.05) is 6.92 Å². The van der Waals surface area contributed by atoms with E-state index in [0.717, 1.165) is 12.8 Å². The van der Waals surface area contributed by atoms with Crippen LogP contribution < -0.4 is 4.74 Å². The Labute approximate surface area is 105 Å². The van der Waals surface area contributed by atoms with Crippen LogP contribution in [0, 0.1) is 5.82 Å². The number of benzene rings is 1. The Morgan fingerprint density at radius 2 is 2.17 bits per heavy atom. The number of ether oxygens (including phenoxy) is 2. The van der Waals surface area contributed by atoms with E-state index in [1.54, 1.807) is 0 Å². The summed E-state index contributed by atoms with van der Waals surface area (Å²) in [5, 5.41) is 0. The van der Waals surface area contributed by atoms with Crippen LogP contribution in [-0.4, -0.2) is 26.0 Å². The van der Waals surface area contributed by atoms with Crippen LogP contribution >= 0.6 is 0 Å². The first-order valence-electron chi connectivity index (χ1n) is 5.64. The summed E-state index contributed by atoms with van der Waals surface area (Å²) in [6.45, 7) is 2.35. The Balaban J connectivity index is 3.04. The van der Waals surface area contributed by atoms with Gasteiger partial charge >= 0.3 is 5.97 Å². The molecule has 0 unspecified atom stereocenters. The average Bonchev–Trinajstić information content (AvgIpc) is 2.39. The zero-order valence-corrected chi connectivity index (χ0v) is 10.4. The summed E-state index contributed by atoms with van der Waals surface area (Å²) in [6, 6.07) is 2.64. The van der Waals surface area contributed by atoms with Gasteiger partial charge in [0.2, 0.25) is 0 Å². The molecule has 1 aromatic carbocycles. The van der Waals surface area contributed by atoms with Gasteiger partial charge in [0.05, 0.1) is 24.8 Å². The van der Waals surface area contributed by atoms with E-state index >= 15 is 0 Å². The summed E-state index contributed by atoms with van der Waals surface area (Å²) in [5.41, 5.74) is -0.441. The monoisotopic (exact) mass is 254 g/mol. The molecule has 0 radical (unpaired) electrons. The third-order valence-corrected chi connectivity index (χ3v) is 2.42. The highest BCUT2D eigenvalue weighted by Gasteiger charge is 2.19. The van der Waals surface area contributed by atoms with Crippen molar-refractivity contribution in [2.45, 2.75) is 19.8 Å². The Hall–Kier alpha value is -1.91. The molecule has 0 fully saturated rings. The molecule has 5 heteroatoms. The van der Waals surface area contributed by atoms with E-state index in [-0.39, 0.29) is 23.2 Å². The van der Waals surface area contributed by atoms with Crippen LogP contribution in [0.2, 0.25) is 0 Å². The van der Waals surface area contributed by atoms with Gasteiger partial charge in [-0.05, 0) is 18.6 Å². The van der Waals surface area contributed by atoms with E-state index < -0.39 is 11.8 Å². The molecule has 0 aliphatic rings. The molecule has 0 heterocycles. The van der Waals surface area contributed by atoms with Crippen LogP contribution in [0.5, 0.6) is 5.75 Å². The number of hydrogen-bond acceptors (Lipinski definition) is 4. The van der Waals surface area contributed by atoms with Crippen molar-refractivity contribution in [2.75, 3.05) is 13.7 Å². The molecule has 0 saturated carbocycles. The molecular formula is C13H15FO4. The number of unbranched alkanes of at least 4 members (excludes halogenated alkanes) is 1. The lowest BCUT2D eigenvalue weighted by atomic mass is 10.1. The van der Waals surface area contributed by atoms with Crippen molar-refractivity contribution in [3.05, 3.63) is 29.1 Å². The minimum absolute atomic E-state index is 0.0294. The number of hydrogen-bond donors (Lipinski definition) is 0. The van der Waals surface area contributed by atoms with Crippen molar-refractivity contribution in [1.82, 2.24) is 0 Å². The Kier molecular flexibility index (Phi) is 5.30. The fourth-order valence-corrected chi connectivity index (χ4v) is 1.41. The van der Waals surface area contributed by atoms with Gasteiger partial charge in [-0.3, -0.25) is 4.79 Å². The molecule has 0 amide bonds. The summed E-state index contributed by atoms with van der Waals surface area (Å²) >= 11 is 0. The van der Waals surface area contributed by atoms with Crippen LogP contribution in [-0.2, 0) is 4.74 Å². The molecule has 18 heavy (non-hydrogen) atoms. The molecular weight excluding hydrogens is 239 g/mol. The smallest absolute Gasteiger partial charge is 0.338 e. The fraction of sp³-hybridized carbons (Fsp3) is 0.385. The van der Waals surface area contributed by atoms with Crippen molar-refractivity contribution in [3.8, 4) is 5.75 Å². The lowest BCUT2D eigenvalue weighted by Gasteiger charge is -2.10. The Morgan fingerprint density at radius 3 is 2.72 bits per heavy atom. The first kappa shape index (κ1) is 14.2. The first-order chi connectivity index (χ1) is 8.65. The number of methoxy groups -OCH3 is 1. The largest absolute Gasteiger partial charge is 0.490 e. The van der Waals surface area contributed by atoms with Crippen LogP contribution in [0.25, 0.3) is 0 Å². The molecule has 0 N–H and O–H groups in total. The minimum Gasteiger partial charge on any atom is -0.490 e. The quantitative estimate of drug-likeness (QED) is 0.445. The van der Waals surface area contributed by atoms with E-state index in [2.05, 4.69) is 4.74 Å². The van der Waals surface area contributed by atoms with Gasteiger partial charge in [0.1, 0.15) is 0 Å². The minimum atomic E-state index is -0.830. The number of rotatable bonds is 6. The Bertz CT molecular complexity index is 443. The number of halogens is 1. The van der Waals surface area contributed by atoms with Crippen molar-refractivity contribution in [3.63, 3.8) is 0 Å². The van der Waals surface area contributed by atoms with Crippen molar-refractivity contribution < 1.29 is 23.5 Å². The predicted octanol–water partition coefficient (Wildman–Crippen LogP) is 2.60. The molecule has 0 bridgehead atoms. The second-order valence-electron chi connectivity index (χ2n) is 3.65. The number of esters is 1. The van der Waals surface area contributed by atoms with Gasteiger partial charge < -0.3 is 9.47 Å². The zero-order chi connectivity index (χ0) is 13.5. The normalized spacial score (nSPS) is 9.94. The molecule has 0 aromatic heterocycles. The highest BCUT2D eigenvalue weighted by Crippen LogP contribution is 2.23. The lowest BCUT2D eigenvalue weighted by Crippen LogP contribution is -2.09. The number of carbonyl (C=O) groups excluding carboxylic acids is 2. The van der Waals surface area contributed by atoms with Gasteiger partial charge in [-0.2, -0.15) is 0 Å². The topological polar surface area (TPSA) is 52.6 Å². The van der Waals surface area contributed by atoms with E-state index in [1.165, 1.54) is 19.2 Å². The second kappa shape index (κ2) is 6.74. The first-order valence-corrected chi connectivity index (χ1v) is 5.64. The standard InChI is InChI=1S/C13H15FO4/c1-3-4-7-18-11-6-5-9(13(16)17-2)10(8-15)12(11)14/h5-6,8H,3-4,7H2,1-2H3. The molecule has 98 valence electrons. The van der Waals surface area contributed by atoms with Crippen molar-refractivity contribution in [1.29, 1.82) is 0 Å². The van der Waals surface area contributed by atoms with Crippen molar-refractivity contribution in [2.24, 2.45) is 0 Å². The van der Waals surface area contributed by atoms with Crippen LogP contribution in [0.1, 0.15) is 40.5 Å². The molecule has 0 saturated heterocycles. The van der Waals surface area contributed by atoms with Gasteiger partial charge in [0, 0.05) is 0 Å². The summed E-state index contributed by atoms with van der Waals surface area (Å²) in [6.07, 6.45) is 1.99. The molecule has 0 spiro atoms. The molecule has 4 nitrogen and oxygen atoms in total. The third kappa shape index (κ3) is 3.06. The number of carbonyl (C=O) groups is 2. The van der Waals surface area contributed by atoms with Crippen molar-refractivity contribution >= 4 is 12.3 Å². The molecule has 1 rings (SSSR count). The second-order valence-corrected chi connectivity index (χ2v) is 3.65. The lowest BCUT2D eigenvalue weighted by molar-refractivity contribution is 0.0597. The van der Waals surface area contributed by atoms with Gasteiger partial charge in [0.25, 0.3) is 0 Å². The van der Waals surface area contributed by atoms with Gasteiger partial charge in [0.15, 0.2) is 17.9 Å². The summed E-state index contributed by atoms with van der Waals surface area (Å²) in [5.74, 6) is -1.61. The fourth-order valence-electron chi connectivity index (χ4n) is 1.41. The van der Waals surface area contributed by atoms with E-state index in [4.69, 9.17) is 4.74 Å². The zero-order valence-electron chi connectivity index (χ0n) is 10.4. The SMILES string of the molecule is CCCCOc1ccc(C(=O)OC)c(C=O)c1F. The highest BCUT2D eigenvalue weighted by molar-refractivity contribution is 5.98. The van der Waals surface area contributed by atoms with Crippen LogP contribution in [0.15, 0.2) is 12.1 Å². The van der Waals surface area contributed by atoms with Gasteiger partial charge in [-0.15, -0.1) is 0 Å². The third-order valence-electron chi connectivity index (χ3n) is 2.42. The summed E-state index contributed by atoms with van der Waals surface area (Å²) < 4.78 is 23.6. The highest BCUT2D eigenvalue weighted by atomic mass is 19.1.